The predicted molar refractivity (Wildman–Crippen MR) is 75.4 cm³/mol. The van der Waals surface area contributed by atoms with Crippen molar-refractivity contribution in [3.63, 3.8) is 0 Å². The number of anilines is 1. The molecule has 6 nitrogen and oxygen atoms in total. The summed E-state index contributed by atoms with van der Waals surface area (Å²) in [6.45, 7) is 0. The molecular formula is C15H10N2O4. The molecule has 104 valence electrons. The van der Waals surface area contributed by atoms with Crippen molar-refractivity contribution in [1.29, 1.82) is 0 Å². The molecule has 0 unspecified atom stereocenters. The largest absolute Gasteiger partial charge is 0.398 e. The first-order valence-corrected chi connectivity index (χ1v) is 6.23. The summed E-state index contributed by atoms with van der Waals surface area (Å²) < 4.78 is 0. The van der Waals surface area contributed by atoms with Crippen LogP contribution in [0.25, 0.3) is 0 Å². The van der Waals surface area contributed by atoms with Gasteiger partial charge in [-0.15, -0.1) is 0 Å². The molecule has 21 heavy (non-hydrogen) atoms. The van der Waals surface area contributed by atoms with E-state index in [2.05, 4.69) is 0 Å². The second kappa shape index (κ2) is 4.52. The molecule has 0 fully saturated rings. The highest BCUT2D eigenvalue weighted by Gasteiger charge is 2.32. The molecule has 3 rings (SSSR count). The van der Waals surface area contributed by atoms with Crippen LogP contribution in [0, 0.1) is 10.1 Å². The normalized spacial score (nSPS) is 13.3. The van der Waals surface area contributed by atoms with E-state index in [1.165, 1.54) is 18.2 Å². The van der Waals surface area contributed by atoms with E-state index in [1.807, 2.05) is 0 Å². The first-order valence-electron chi connectivity index (χ1n) is 6.23. The Labute approximate surface area is 119 Å². The number of carbonyl (C=O) groups excluding carboxylic acids is 2. The van der Waals surface area contributed by atoms with Crippen molar-refractivity contribution in [2.45, 2.75) is 6.42 Å². The lowest BCUT2D eigenvalue weighted by Gasteiger charge is -2.08. The van der Waals surface area contributed by atoms with Crippen LogP contribution >= 0.6 is 0 Å². The average Bonchev–Trinajstić information content (AvgIpc) is 2.56. The van der Waals surface area contributed by atoms with Gasteiger partial charge in [0.1, 0.15) is 0 Å². The van der Waals surface area contributed by atoms with Crippen LogP contribution in [0.5, 0.6) is 0 Å². The van der Waals surface area contributed by atoms with E-state index in [9.17, 15) is 19.7 Å². The number of benzene rings is 2. The maximum Gasteiger partial charge on any atom is 0.273 e. The maximum absolute atomic E-state index is 12.6. The Kier molecular flexibility index (Phi) is 2.79. The summed E-state index contributed by atoms with van der Waals surface area (Å²) in [4.78, 5) is 35.4. The van der Waals surface area contributed by atoms with Crippen molar-refractivity contribution < 1.29 is 14.5 Å². The van der Waals surface area contributed by atoms with E-state index in [0.29, 0.717) is 0 Å². The Morgan fingerprint density at radius 3 is 2.38 bits per heavy atom. The van der Waals surface area contributed by atoms with E-state index in [4.69, 9.17) is 5.73 Å². The molecule has 1 aliphatic carbocycles. The molecule has 1 aliphatic rings. The third kappa shape index (κ3) is 1.88. The van der Waals surface area contributed by atoms with Crippen LogP contribution in [0.4, 0.5) is 11.4 Å². The molecule has 2 aromatic rings. The first-order chi connectivity index (χ1) is 10.0. The lowest BCUT2D eigenvalue weighted by atomic mass is 9.96. The molecule has 0 bridgehead atoms. The van der Waals surface area contributed by atoms with E-state index in [-0.39, 0.29) is 45.8 Å². The van der Waals surface area contributed by atoms with Gasteiger partial charge in [0.2, 0.25) is 0 Å². The number of hydrogen-bond donors (Lipinski definition) is 1. The Morgan fingerprint density at radius 2 is 1.71 bits per heavy atom. The zero-order valence-electron chi connectivity index (χ0n) is 10.8. The zero-order chi connectivity index (χ0) is 15.1. The standard InChI is InChI=1S/C15H10N2O4/c16-11-5-6-12(17(20)21)10-7-13(18)8-3-1-2-4-9(8)15(19)14(10)11/h1-6H,7,16H2. The van der Waals surface area contributed by atoms with Crippen molar-refractivity contribution in [3.05, 3.63) is 68.8 Å². The second-order valence-corrected chi connectivity index (χ2v) is 4.76. The van der Waals surface area contributed by atoms with Gasteiger partial charge in [0.05, 0.1) is 16.1 Å². The first kappa shape index (κ1) is 13.0. The molecule has 0 amide bonds. The molecule has 0 aliphatic heterocycles. The van der Waals surface area contributed by atoms with Crippen molar-refractivity contribution in [2.75, 3.05) is 5.73 Å². The highest BCUT2D eigenvalue weighted by atomic mass is 16.6. The van der Waals surface area contributed by atoms with Gasteiger partial charge >= 0.3 is 0 Å². The number of hydrogen-bond acceptors (Lipinski definition) is 5. The van der Waals surface area contributed by atoms with E-state index < -0.39 is 10.7 Å². The monoisotopic (exact) mass is 282 g/mol. The number of nitro groups is 1. The summed E-state index contributed by atoms with van der Waals surface area (Å²) in [6, 6.07) is 8.92. The van der Waals surface area contributed by atoms with Crippen LogP contribution in [0.3, 0.4) is 0 Å². The lowest BCUT2D eigenvalue weighted by molar-refractivity contribution is -0.385. The number of Topliss-reactive ketones (excluding diaryl/α,β-unsaturated/α-hetero) is 1. The Balaban J connectivity index is 2.36. The van der Waals surface area contributed by atoms with Crippen LogP contribution in [-0.4, -0.2) is 16.5 Å². The SMILES string of the molecule is Nc1ccc([N+](=O)[O-])c2c1C(=O)c1ccccc1C(=O)C2. The molecule has 0 saturated carbocycles. The van der Waals surface area contributed by atoms with Crippen molar-refractivity contribution in [2.24, 2.45) is 0 Å². The molecular weight excluding hydrogens is 272 g/mol. The number of nitrogens with two attached hydrogens (primary N) is 1. The zero-order valence-corrected chi connectivity index (χ0v) is 10.8. The highest BCUT2D eigenvalue weighted by molar-refractivity contribution is 6.21. The summed E-state index contributed by atoms with van der Waals surface area (Å²) in [5.74, 6) is -0.779. The fraction of sp³-hybridized carbons (Fsp3) is 0.0667. The number of rotatable bonds is 1. The molecule has 2 N–H and O–H groups in total. The predicted octanol–water partition coefficient (Wildman–Crippen LogP) is 2.15. The molecule has 0 spiro atoms. The Bertz CT molecular complexity index is 811. The van der Waals surface area contributed by atoms with Gasteiger partial charge in [-0.25, -0.2) is 0 Å². The number of ketones is 2. The quantitative estimate of drug-likeness (QED) is 0.490. The number of nitrogen functional groups attached to an aromatic ring is 1. The van der Waals surface area contributed by atoms with Gasteiger partial charge < -0.3 is 5.73 Å². The third-order valence-electron chi connectivity index (χ3n) is 3.55. The average molecular weight is 282 g/mol. The summed E-state index contributed by atoms with van der Waals surface area (Å²) in [5, 5.41) is 11.1. The topological polar surface area (TPSA) is 103 Å². The fourth-order valence-electron chi connectivity index (χ4n) is 2.59. The molecule has 0 heterocycles. The number of nitrogens with zero attached hydrogens (tertiary/aromatic N) is 1. The number of nitro benzene ring substituents is 1. The summed E-state index contributed by atoms with van der Waals surface area (Å²) in [7, 11) is 0. The molecule has 0 saturated heterocycles. The van der Waals surface area contributed by atoms with E-state index in [1.54, 1.807) is 18.2 Å². The van der Waals surface area contributed by atoms with Gasteiger partial charge in [0, 0.05) is 29.3 Å². The van der Waals surface area contributed by atoms with Crippen LogP contribution in [0.15, 0.2) is 36.4 Å². The van der Waals surface area contributed by atoms with E-state index >= 15 is 0 Å². The van der Waals surface area contributed by atoms with Gasteiger partial charge in [-0.05, 0) is 6.07 Å². The van der Waals surface area contributed by atoms with E-state index in [0.717, 1.165) is 0 Å². The van der Waals surface area contributed by atoms with Crippen molar-refractivity contribution in [3.8, 4) is 0 Å². The van der Waals surface area contributed by atoms with Crippen LogP contribution in [0.1, 0.15) is 31.8 Å². The number of carbonyl (C=O) groups is 2. The van der Waals surface area contributed by atoms with Crippen molar-refractivity contribution in [1.82, 2.24) is 0 Å². The summed E-state index contributed by atoms with van der Waals surface area (Å²) >= 11 is 0. The Hall–Kier alpha value is -3.02. The summed E-state index contributed by atoms with van der Waals surface area (Å²) in [5.41, 5.74) is 6.35. The minimum absolute atomic E-state index is 0.0579. The molecule has 0 radical (unpaired) electrons. The fourth-order valence-corrected chi connectivity index (χ4v) is 2.59. The van der Waals surface area contributed by atoms with Crippen LogP contribution < -0.4 is 5.73 Å². The molecule has 2 aromatic carbocycles. The minimum atomic E-state index is -0.602. The van der Waals surface area contributed by atoms with Gasteiger partial charge in [-0.3, -0.25) is 19.7 Å². The molecule has 0 aromatic heterocycles. The highest BCUT2D eigenvalue weighted by Crippen LogP contribution is 2.33. The lowest BCUT2D eigenvalue weighted by Crippen LogP contribution is -2.09. The van der Waals surface area contributed by atoms with Gasteiger partial charge in [0.25, 0.3) is 5.69 Å². The van der Waals surface area contributed by atoms with Gasteiger partial charge in [-0.1, -0.05) is 24.3 Å². The smallest absolute Gasteiger partial charge is 0.273 e. The minimum Gasteiger partial charge on any atom is -0.398 e. The van der Waals surface area contributed by atoms with Crippen LogP contribution in [-0.2, 0) is 6.42 Å². The van der Waals surface area contributed by atoms with Crippen molar-refractivity contribution >= 4 is 22.9 Å². The molecule has 6 heteroatoms. The second-order valence-electron chi connectivity index (χ2n) is 4.76. The third-order valence-corrected chi connectivity index (χ3v) is 3.55. The van der Waals surface area contributed by atoms with Crippen LogP contribution in [0.2, 0.25) is 0 Å². The number of fused-ring (bicyclic) bond motifs is 2. The van der Waals surface area contributed by atoms with Gasteiger partial charge in [0.15, 0.2) is 11.6 Å². The van der Waals surface area contributed by atoms with Gasteiger partial charge in [-0.2, -0.15) is 0 Å². The summed E-state index contributed by atoms with van der Waals surface area (Å²) in [6.07, 6.45) is -0.209. The maximum atomic E-state index is 12.6. The molecule has 0 atom stereocenters. The Morgan fingerprint density at radius 1 is 1.05 bits per heavy atom.